The van der Waals surface area contributed by atoms with Crippen molar-refractivity contribution in [3.05, 3.63) is 58.0 Å². The molecule has 0 saturated heterocycles. The largest absolute Gasteiger partial charge is 0.365 e. The Morgan fingerprint density at radius 2 is 2.04 bits per heavy atom. The van der Waals surface area contributed by atoms with Gasteiger partial charge in [-0.25, -0.2) is 0 Å². The second-order valence-electron chi connectivity index (χ2n) is 5.94. The quantitative estimate of drug-likeness (QED) is 0.727. The van der Waals surface area contributed by atoms with Crippen LogP contribution >= 0.6 is 11.3 Å². The first kappa shape index (κ1) is 16.4. The molecule has 24 heavy (non-hydrogen) atoms. The topological polar surface area (TPSA) is 76.6 Å². The second kappa shape index (κ2) is 6.98. The number of fused-ring (bicyclic) bond motifs is 1. The predicted octanol–water partition coefficient (Wildman–Crippen LogP) is 1.07. The van der Waals surface area contributed by atoms with Crippen molar-refractivity contribution >= 4 is 34.2 Å². The first-order valence-electron chi connectivity index (χ1n) is 7.84. The lowest BCUT2D eigenvalue weighted by molar-refractivity contribution is -0.895. The molecule has 1 unspecified atom stereocenters. The highest BCUT2D eigenvalue weighted by molar-refractivity contribution is 7.17. The summed E-state index contributed by atoms with van der Waals surface area (Å²) in [7, 11) is 2.12. The van der Waals surface area contributed by atoms with Crippen LogP contribution in [0.25, 0.3) is 6.08 Å². The number of amides is 2. The zero-order valence-electron chi connectivity index (χ0n) is 13.5. The Morgan fingerprint density at radius 1 is 1.29 bits per heavy atom. The Labute approximate surface area is 144 Å². The van der Waals surface area contributed by atoms with E-state index >= 15 is 0 Å². The van der Waals surface area contributed by atoms with Crippen LogP contribution in [0.3, 0.4) is 0 Å². The third kappa shape index (κ3) is 3.55. The van der Waals surface area contributed by atoms with Crippen molar-refractivity contribution in [2.75, 3.05) is 18.9 Å². The van der Waals surface area contributed by atoms with Gasteiger partial charge in [0.25, 0.3) is 5.91 Å². The molecule has 1 aromatic carbocycles. The molecule has 1 aliphatic rings. The van der Waals surface area contributed by atoms with Gasteiger partial charge in [-0.1, -0.05) is 30.3 Å². The third-order valence-electron chi connectivity index (χ3n) is 4.06. The molecule has 0 saturated carbocycles. The summed E-state index contributed by atoms with van der Waals surface area (Å²) in [5.74, 6) is -0.741. The number of primary amides is 1. The fourth-order valence-corrected chi connectivity index (χ4v) is 4.23. The molecule has 3 rings (SSSR count). The Kier molecular flexibility index (Phi) is 4.78. The minimum absolute atomic E-state index is 0.263. The van der Waals surface area contributed by atoms with Gasteiger partial charge in [0, 0.05) is 12.5 Å². The van der Waals surface area contributed by atoms with Crippen LogP contribution in [0.2, 0.25) is 0 Å². The second-order valence-corrected chi connectivity index (χ2v) is 7.04. The number of rotatable bonds is 4. The van der Waals surface area contributed by atoms with Crippen LogP contribution in [0.15, 0.2) is 36.4 Å². The van der Waals surface area contributed by atoms with Gasteiger partial charge >= 0.3 is 0 Å². The number of quaternary nitrogens is 1. The number of anilines is 1. The molecule has 1 aliphatic heterocycles. The minimum Gasteiger partial charge on any atom is -0.365 e. The van der Waals surface area contributed by atoms with Gasteiger partial charge in [-0.3, -0.25) is 9.59 Å². The van der Waals surface area contributed by atoms with Crippen molar-refractivity contribution in [2.24, 2.45) is 5.73 Å². The lowest BCUT2D eigenvalue weighted by atomic mass is 10.0. The van der Waals surface area contributed by atoms with Gasteiger partial charge in [0.1, 0.15) is 11.5 Å². The van der Waals surface area contributed by atoms with E-state index in [1.807, 2.05) is 30.3 Å². The maximum Gasteiger partial charge on any atom is 0.252 e. The van der Waals surface area contributed by atoms with Crippen LogP contribution in [0.4, 0.5) is 5.00 Å². The number of nitrogens with two attached hydrogens (primary N) is 1. The maximum atomic E-state index is 12.2. The molecule has 0 spiro atoms. The van der Waals surface area contributed by atoms with Crippen molar-refractivity contribution in [1.29, 1.82) is 0 Å². The van der Waals surface area contributed by atoms with Gasteiger partial charge in [-0.05, 0) is 17.2 Å². The van der Waals surface area contributed by atoms with E-state index in [-0.39, 0.29) is 5.91 Å². The molecule has 4 N–H and O–H groups in total. The average Bonchev–Trinajstić information content (AvgIpc) is 2.90. The number of likely N-dealkylation sites (N-methyl/N-ethyl adjacent to an activating group) is 1. The van der Waals surface area contributed by atoms with Crippen molar-refractivity contribution in [2.45, 2.75) is 13.0 Å². The van der Waals surface area contributed by atoms with Gasteiger partial charge in [-0.2, -0.15) is 0 Å². The fourth-order valence-electron chi connectivity index (χ4n) is 2.86. The van der Waals surface area contributed by atoms with Crippen molar-refractivity contribution < 1.29 is 14.5 Å². The number of nitrogens with one attached hydrogen (secondary N) is 2. The fraction of sp³-hybridized carbons (Fsp3) is 0.222. The molecule has 0 aliphatic carbocycles. The smallest absolute Gasteiger partial charge is 0.252 e. The lowest BCUT2D eigenvalue weighted by Crippen LogP contribution is -3.08. The molecule has 2 heterocycles. The van der Waals surface area contributed by atoms with E-state index in [1.165, 1.54) is 22.3 Å². The zero-order valence-corrected chi connectivity index (χ0v) is 14.3. The van der Waals surface area contributed by atoms with Crippen LogP contribution in [0.1, 0.15) is 26.4 Å². The summed E-state index contributed by atoms with van der Waals surface area (Å²) in [5, 5.41) is 3.38. The Balaban J connectivity index is 1.81. The summed E-state index contributed by atoms with van der Waals surface area (Å²) in [6.07, 6.45) is 4.02. The molecule has 1 aromatic heterocycles. The van der Waals surface area contributed by atoms with E-state index < -0.39 is 5.91 Å². The van der Waals surface area contributed by atoms with E-state index in [4.69, 9.17) is 5.73 Å². The zero-order chi connectivity index (χ0) is 17.1. The monoisotopic (exact) mass is 342 g/mol. The van der Waals surface area contributed by atoms with Gasteiger partial charge in [0.2, 0.25) is 5.91 Å². The van der Waals surface area contributed by atoms with Crippen LogP contribution in [-0.4, -0.2) is 25.4 Å². The van der Waals surface area contributed by atoms with Crippen molar-refractivity contribution in [3.63, 3.8) is 0 Å². The number of hydrogen-bond acceptors (Lipinski definition) is 3. The Hall–Kier alpha value is -2.44. The molecule has 1 atom stereocenters. The van der Waals surface area contributed by atoms with Crippen LogP contribution in [0.5, 0.6) is 0 Å². The molecule has 0 bridgehead atoms. The number of carbonyl (C=O) groups is 2. The molecule has 124 valence electrons. The summed E-state index contributed by atoms with van der Waals surface area (Å²) in [6.45, 7) is 1.82. The summed E-state index contributed by atoms with van der Waals surface area (Å²) < 4.78 is 0. The number of benzene rings is 1. The third-order valence-corrected chi connectivity index (χ3v) is 5.21. The highest BCUT2D eigenvalue weighted by Crippen LogP contribution is 2.34. The molecule has 2 aromatic rings. The van der Waals surface area contributed by atoms with Crippen molar-refractivity contribution in [1.82, 2.24) is 0 Å². The van der Waals surface area contributed by atoms with E-state index in [9.17, 15) is 9.59 Å². The predicted molar refractivity (Wildman–Crippen MR) is 96.1 cm³/mol. The standard InChI is InChI=1S/C18H19N3O2S/c1-21-10-9-13-14(11-21)24-18(16(13)17(19)23)20-15(22)8-7-12-5-3-2-4-6-12/h2-8H,9-11H2,1H3,(H2,19,23)(H,20,22)/p+1. The SMILES string of the molecule is C[NH+]1CCc2c(sc(NC(=O)C=Cc3ccccc3)c2C(N)=O)C1. The lowest BCUT2D eigenvalue weighted by Gasteiger charge is -2.19. The van der Waals surface area contributed by atoms with Gasteiger partial charge < -0.3 is 16.0 Å². The highest BCUT2D eigenvalue weighted by Gasteiger charge is 2.28. The summed E-state index contributed by atoms with van der Waals surface area (Å²) >= 11 is 1.46. The molecular formula is C18H20N3O2S+. The first-order chi connectivity index (χ1) is 11.5. The van der Waals surface area contributed by atoms with Crippen LogP contribution in [0, 0.1) is 0 Å². The average molecular weight is 342 g/mol. The summed E-state index contributed by atoms with van der Waals surface area (Å²) in [4.78, 5) is 26.6. The highest BCUT2D eigenvalue weighted by atomic mass is 32.1. The van der Waals surface area contributed by atoms with Gasteiger partial charge in [0.15, 0.2) is 0 Å². The van der Waals surface area contributed by atoms with Crippen molar-refractivity contribution in [3.8, 4) is 0 Å². The number of hydrogen-bond donors (Lipinski definition) is 3. The molecule has 6 heteroatoms. The molecule has 0 radical (unpaired) electrons. The summed E-state index contributed by atoms with van der Waals surface area (Å²) in [6, 6.07) is 9.58. The maximum absolute atomic E-state index is 12.2. The van der Waals surface area contributed by atoms with Crippen LogP contribution in [-0.2, 0) is 17.8 Å². The number of carbonyl (C=O) groups excluding carboxylic acids is 2. The van der Waals surface area contributed by atoms with Crippen LogP contribution < -0.4 is 16.0 Å². The normalized spacial score (nSPS) is 16.8. The van der Waals surface area contributed by atoms with E-state index in [0.717, 1.165) is 35.5 Å². The molecule has 0 fully saturated rings. The van der Waals surface area contributed by atoms with E-state index in [2.05, 4.69) is 12.4 Å². The number of thiophene rings is 1. The molecular weight excluding hydrogens is 322 g/mol. The van der Waals surface area contributed by atoms with E-state index in [1.54, 1.807) is 6.08 Å². The molecule has 5 nitrogen and oxygen atoms in total. The molecule has 2 amide bonds. The van der Waals surface area contributed by atoms with Gasteiger partial charge in [0.05, 0.1) is 24.0 Å². The van der Waals surface area contributed by atoms with Gasteiger partial charge in [-0.15, -0.1) is 11.3 Å². The Bertz CT molecular complexity index is 796. The van der Waals surface area contributed by atoms with E-state index in [0.29, 0.717) is 10.6 Å². The Morgan fingerprint density at radius 3 is 2.75 bits per heavy atom. The summed E-state index contributed by atoms with van der Waals surface area (Å²) in [5.41, 5.74) is 7.97. The minimum atomic E-state index is -0.477. The first-order valence-corrected chi connectivity index (χ1v) is 8.66.